The van der Waals surface area contributed by atoms with Gasteiger partial charge in [0.15, 0.2) is 6.17 Å². The third kappa shape index (κ3) is 0.862. The Labute approximate surface area is 56.6 Å². The number of nitrogens with two attached hydrogens (primary N) is 1. The van der Waals surface area contributed by atoms with Crippen molar-refractivity contribution in [3.8, 4) is 0 Å². The van der Waals surface area contributed by atoms with Crippen LogP contribution < -0.4 is 11.1 Å². The van der Waals surface area contributed by atoms with E-state index >= 15 is 0 Å². The van der Waals surface area contributed by atoms with Gasteiger partial charge in [-0.2, -0.15) is 0 Å². The highest BCUT2D eigenvalue weighted by Crippen LogP contribution is 2.23. The summed E-state index contributed by atoms with van der Waals surface area (Å²) in [5.41, 5.74) is 4.61. The van der Waals surface area contributed by atoms with Crippen molar-refractivity contribution in [1.82, 2.24) is 5.32 Å². The first-order chi connectivity index (χ1) is 4.57. The lowest BCUT2D eigenvalue weighted by molar-refractivity contribution is -0.134. The summed E-state index contributed by atoms with van der Waals surface area (Å²) in [5, 5.41) is 2.07. The van der Waals surface area contributed by atoms with Crippen molar-refractivity contribution in [3.05, 3.63) is 0 Å². The Morgan fingerprint density at radius 2 is 2.40 bits per heavy atom. The van der Waals surface area contributed by atoms with E-state index in [1.807, 2.05) is 0 Å². The van der Waals surface area contributed by atoms with Crippen LogP contribution >= 0.6 is 0 Å². The minimum absolute atomic E-state index is 0.000556. The van der Waals surface area contributed by atoms with Gasteiger partial charge in [-0.15, -0.1) is 0 Å². The second-order valence-corrected chi connectivity index (χ2v) is 2.26. The van der Waals surface area contributed by atoms with Crippen LogP contribution in [0.1, 0.15) is 6.42 Å². The van der Waals surface area contributed by atoms with Crippen LogP contribution in [0, 0.1) is 0 Å². The first-order valence-corrected chi connectivity index (χ1v) is 2.95. The molecule has 1 aliphatic heterocycles. The van der Waals surface area contributed by atoms with Gasteiger partial charge in [0.25, 0.3) is 11.7 Å². The van der Waals surface area contributed by atoms with E-state index in [9.17, 15) is 13.6 Å². The molecule has 0 spiro atoms. The van der Waals surface area contributed by atoms with E-state index in [1.54, 1.807) is 0 Å². The van der Waals surface area contributed by atoms with Crippen molar-refractivity contribution in [2.24, 2.45) is 5.73 Å². The predicted octanol–water partition coefficient (Wildman–Crippen LogP) is -0.531. The van der Waals surface area contributed by atoms with Crippen LogP contribution in [0.25, 0.3) is 0 Å². The minimum Gasteiger partial charge on any atom is -0.366 e. The summed E-state index contributed by atoms with van der Waals surface area (Å²) in [6, 6.07) is 0. The smallest absolute Gasteiger partial charge is 0.273 e. The summed E-state index contributed by atoms with van der Waals surface area (Å²) in [4.78, 5) is 10.3. The number of rotatable bonds is 1. The van der Waals surface area contributed by atoms with Crippen molar-refractivity contribution in [1.29, 1.82) is 0 Å². The summed E-state index contributed by atoms with van der Waals surface area (Å²) in [5.74, 6) is -3.91. The van der Waals surface area contributed by atoms with E-state index < -0.39 is 17.9 Å². The van der Waals surface area contributed by atoms with Crippen LogP contribution in [-0.4, -0.2) is 24.4 Å². The number of primary amides is 1. The van der Waals surface area contributed by atoms with E-state index in [2.05, 4.69) is 11.1 Å². The Kier molecular flexibility index (Phi) is 1.60. The molecule has 2 atom stereocenters. The van der Waals surface area contributed by atoms with Crippen LogP contribution in [-0.2, 0) is 4.79 Å². The van der Waals surface area contributed by atoms with Gasteiger partial charge in [-0.25, -0.2) is 8.78 Å². The SMILES string of the molecule is NC(=O)C1(F)NCCC1F. The highest BCUT2D eigenvalue weighted by molar-refractivity contribution is 5.84. The quantitative estimate of drug-likeness (QED) is 0.493. The zero-order chi connectivity index (χ0) is 7.78. The van der Waals surface area contributed by atoms with Gasteiger partial charge >= 0.3 is 0 Å². The molecular formula is C5H8F2N2O. The van der Waals surface area contributed by atoms with Crippen LogP contribution in [0.5, 0.6) is 0 Å². The minimum atomic E-state index is -2.62. The maximum Gasteiger partial charge on any atom is 0.273 e. The third-order valence-electron chi connectivity index (χ3n) is 1.57. The maximum atomic E-state index is 12.9. The summed E-state index contributed by atoms with van der Waals surface area (Å²) >= 11 is 0. The number of hydrogen-bond donors (Lipinski definition) is 2. The number of amides is 1. The zero-order valence-electron chi connectivity index (χ0n) is 5.23. The highest BCUT2D eigenvalue weighted by atomic mass is 19.2. The molecule has 1 amide bonds. The average Bonchev–Trinajstić information content (AvgIpc) is 2.15. The maximum absolute atomic E-state index is 12.9. The monoisotopic (exact) mass is 150 g/mol. The molecule has 2 unspecified atom stereocenters. The number of hydrogen-bond acceptors (Lipinski definition) is 2. The van der Waals surface area contributed by atoms with E-state index in [1.165, 1.54) is 0 Å². The van der Waals surface area contributed by atoms with Gasteiger partial charge in [0, 0.05) is 6.54 Å². The first kappa shape index (κ1) is 7.40. The second kappa shape index (κ2) is 2.16. The van der Waals surface area contributed by atoms with Crippen molar-refractivity contribution in [2.45, 2.75) is 18.4 Å². The zero-order valence-corrected chi connectivity index (χ0v) is 5.23. The fraction of sp³-hybridized carbons (Fsp3) is 0.800. The molecule has 0 aromatic heterocycles. The molecule has 0 aliphatic carbocycles. The predicted molar refractivity (Wildman–Crippen MR) is 30.5 cm³/mol. The van der Waals surface area contributed by atoms with Crippen LogP contribution in [0.15, 0.2) is 0 Å². The Hall–Kier alpha value is -0.710. The van der Waals surface area contributed by atoms with Gasteiger partial charge in [-0.3, -0.25) is 10.1 Å². The van der Waals surface area contributed by atoms with Gasteiger partial charge in [0.2, 0.25) is 0 Å². The molecule has 0 aromatic carbocycles. The number of halogens is 2. The molecule has 3 nitrogen and oxygen atoms in total. The molecule has 3 N–H and O–H groups in total. The Morgan fingerprint density at radius 1 is 1.80 bits per heavy atom. The average molecular weight is 150 g/mol. The van der Waals surface area contributed by atoms with Crippen LogP contribution in [0.3, 0.4) is 0 Å². The second-order valence-electron chi connectivity index (χ2n) is 2.26. The molecule has 10 heavy (non-hydrogen) atoms. The molecule has 5 heteroatoms. The fourth-order valence-corrected chi connectivity index (χ4v) is 0.932. The fourth-order valence-electron chi connectivity index (χ4n) is 0.932. The van der Waals surface area contributed by atoms with E-state index in [0.717, 1.165) is 0 Å². The summed E-state index contributed by atoms with van der Waals surface area (Å²) in [6.07, 6.45) is -1.80. The van der Waals surface area contributed by atoms with Gasteiger partial charge in [0.05, 0.1) is 0 Å². The number of carbonyl (C=O) groups is 1. The van der Waals surface area contributed by atoms with Gasteiger partial charge in [-0.05, 0) is 6.42 Å². The van der Waals surface area contributed by atoms with Crippen LogP contribution in [0.2, 0.25) is 0 Å². The summed E-state index contributed by atoms with van der Waals surface area (Å²) in [6.45, 7) is 0.153. The van der Waals surface area contributed by atoms with Gasteiger partial charge < -0.3 is 5.73 Å². The highest BCUT2D eigenvalue weighted by Gasteiger charge is 2.49. The topological polar surface area (TPSA) is 55.1 Å². The Balaban J connectivity index is 2.75. The summed E-state index contributed by atoms with van der Waals surface area (Å²) < 4.78 is 25.4. The number of carbonyl (C=O) groups excluding carboxylic acids is 1. The normalized spacial score (nSPS) is 40.0. The molecule has 1 saturated heterocycles. The molecule has 0 radical (unpaired) electrons. The standard InChI is InChI=1S/C5H8F2N2O/c6-3-1-2-9-5(3,7)4(8)10/h3,9H,1-2H2,(H2,8,10). The van der Waals surface area contributed by atoms with E-state index in [-0.39, 0.29) is 13.0 Å². The molecule has 0 aromatic rings. The van der Waals surface area contributed by atoms with E-state index in [4.69, 9.17) is 0 Å². The summed E-state index contributed by atoms with van der Waals surface area (Å²) in [7, 11) is 0. The van der Waals surface area contributed by atoms with Crippen molar-refractivity contribution >= 4 is 5.91 Å². The van der Waals surface area contributed by atoms with E-state index in [0.29, 0.717) is 0 Å². The molecule has 1 heterocycles. The lowest BCUT2D eigenvalue weighted by Crippen LogP contribution is -2.52. The lowest BCUT2D eigenvalue weighted by Gasteiger charge is -2.16. The Bertz CT molecular complexity index is 164. The van der Waals surface area contributed by atoms with Gasteiger partial charge in [-0.1, -0.05) is 0 Å². The molecule has 0 bridgehead atoms. The molecular weight excluding hydrogens is 142 g/mol. The molecule has 1 aliphatic rings. The third-order valence-corrected chi connectivity index (χ3v) is 1.57. The van der Waals surface area contributed by atoms with Gasteiger partial charge in [0.1, 0.15) is 0 Å². The molecule has 1 rings (SSSR count). The lowest BCUT2D eigenvalue weighted by atomic mass is 10.1. The van der Waals surface area contributed by atoms with Crippen molar-refractivity contribution in [3.63, 3.8) is 0 Å². The molecule has 58 valence electrons. The largest absolute Gasteiger partial charge is 0.366 e. The van der Waals surface area contributed by atoms with Crippen molar-refractivity contribution < 1.29 is 13.6 Å². The molecule has 0 saturated carbocycles. The van der Waals surface area contributed by atoms with Crippen molar-refractivity contribution in [2.75, 3.05) is 6.54 Å². The number of alkyl halides is 2. The number of nitrogens with one attached hydrogen (secondary N) is 1. The first-order valence-electron chi connectivity index (χ1n) is 2.95. The molecule has 1 fully saturated rings. The van der Waals surface area contributed by atoms with Crippen LogP contribution in [0.4, 0.5) is 8.78 Å². The Morgan fingerprint density at radius 3 is 2.60 bits per heavy atom.